The van der Waals surface area contributed by atoms with Crippen LogP contribution in [0, 0.1) is 5.82 Å². The van der Waals surface area contributed by atoms with Crippen molar-refractivity contribution in [1.29, 1.82) is 0 Å². The summed E-state index contributed by atoms with van der Waals surface area (Å²) in [6, 6.07) is 12.1. The van der Waals surface area contributed by atoms with Crippen LogP contribution in [0.25, 0.3) is 0 Å². The summed E-state index contributed by atoms with van der Waals surface area (Å²) in [7, 11) is -3.71. The number of hydrogen-bond acceptors (Lipinski definition) is 3. The van der Waals surface area contributed by atoms with Gasteiger partial charge in [-0.1, -0.05) is 24.3 Å². The van der Waals surface area contributed by atoms with Crippen LogP contribution in [0.4, 0.5) is 10.1 Å². The molecule has 0 heterocycles. The average Bonchev–Trinajstić information content (AvgIpc) is 2.49. The fraction of sp³-hybridized carbons (Fsp3) is 0.133. The molecule has 0 spiro atoms. The topological polar surface area (TPSA) is 84.2 Å². The molecule has 0 aliphatic rings. The first-order valence-electron chi connectivity index (χ1n) is 6.72. The van der Waals surface area contributed by atoms with Crippen molar-refractivity contribution in [3.8, 4) is 0 Å². The number of primary sulfonamides is 1. The van der Waals surface area contributed by atoms with Crippen molar-refractivity contribution in [2.75, 3.05) is 5.32 Å². The molecule has 0 saturated heterocycles. The highest BCUT2D eigenvalue weighted by Crippen LogP contribution is 2.17. The number of anilines is 1. The number of thiocarbonyl (C=S) groups is 1. The molecule has 0 aliphatic carbocycles. The lowest BCUT2D eigenvalue weighted by Crippen LogP contribution is -2.31. The van der Waals surface area contributed by atoms with Crippen LogP contribution < -0.4 is 15.8 Å². The van der Waals surface area contributed by atoms with Gasteiger partial charge in [0.15, 0.2) is 5.11 Å². The number of halogens is 1. The second-order valence-electron chi connectivity index (χ2n) is 4.91. The molecule has 0 saturated carbocycles. The molecule has 0 aliphatic heterocycles. The zero-order valence-electron chi connectivity index (χ0n) is 12.3. The van der Waals surface area contributed by atoms with Crippen molar-refractivity contribution >= 4 is 33.0 Å². The van der Waals surface area contributed by atoms with E-state index in [4.69, 9.17) is 17.4 Å². The predicted molar refractivity (Wildman–Crippen MR) is 92.0 cm³/mol. The molecule has 0 amide bonds. The molecular weight excluding hydrogens is 337 g/mol. The third-order valence-corrected chi connectivity index (χ3v) is 4.33. The van der Waals surface area contributed by atoms with Crippen molar-refractivity contribution in [3.63, 3.8) is 0 Å². The molecule has 1 atom stereocenters. The van der Waals surface area contributed by atoms with Gasteiger partial charge in [-0.3, -0.25) is 0 Å². The molecular formula is C15H16FN3O2S2. The van der Waals surface area contributed by atoms with Crippen LogP contribution in [0.1, 0.15) is 18.5 Å². The normalized spacial score (nSPS) is 12.5. The summed E-state index contributed by atoms with van der Waals surface area (Å²) in [5.41, 5.74) is 1.09. The molecule has 0 fully saturated rings. The number of nitrogens with one attached hydrogen (secondary N) is 2. The molecule has 1 unspecified atom stereocenters. The van der Waals surface area contributed by atoms with Crippen LogP contribution >= 0.6 is 12.2 Å². The predicted octanol–water partition coefficient (Wildman–Crippen LogP) is 2.52. The molecule has 0 bridgehead atoms. The van der Waals surface area contributed by atoms with Crippen LogP contribution in [0.5, 0.6) is 0 Å². The third kappa shape index (κ3) is 4.72. The van der Waals surface area contributed by atoms with Crippen LogP contribution in [0.3, 0.4) is 0 Å². The first-order valence-corrected chi connectivity index (χ1v) is 8.67. The Labute approximate surface area is 139 Å². The standard InChI is InChI=1S/C15H16FN3O2S2/c1-10(11-6-8-12(9-7-11)23(17,20)21)18-15(22)19-14-5-3-2-4-13(14)16/h2-10H,1H3,(H2,17,20,21)(H2,18,19,22). The largest absolute Gasteiger partial charge is 0.356 e. The Morgan fingerprint density at radius 1 is 1.17 bits per heavy atom. The van der Waals surface area contributed by atoms with Gasteiger partial charge in [-0.05, 0) is 49.0 Å². The maximum absolute atomic E-state index is 13.5. The minimum absolute atomic E-state index is 0.0421. The summed E-state index contributed by atoms with van der Waals surface area (Å²) in [6.07, 6.45) is 0. The van der Waals surface area contributed by atoms with E-state index in [1.54, 1.807) is 30.3 Å². The molecule has 4 N–H and O–H groups in total. The Morgan fingerprint density at radius 2 is 1.78 bits per heavy atom. The van der Waals surface area contributed by atoms with Gasteiger partial charge in [0.25, 0.3) is 0 Å². The van der Waals surface area contributed by atoms with Gasteiger partial charge >= 0.3 is 0 Å². The van der Waals surface area contributed by atoms with Gasteiger partial charge in [0, 0.05) is 0 Å². The number of rotatable bonds is 4. The van der Waals surface area contributed by atoms with Crippen molar-refractivity contribution in [2.24, 2.45) is 5.14 Å². The SMILES string of the molecule is CC(NC(=S)Nc1ccccc1F)c1ccc(S(N)(=O)=O)cc1. The van der Waals surface area contributed by atoms with Crippen LogP contribution in [0.15, 0.2) is 53.4 Å². The van der Waals surface area contributed by atoms with Gasteiger partial charge in [-0.25, -0.2) is 17.9 Å². The summed E-state index contributed by atoms with van der Waals surface area (Å²) in [4.78, 5) is 0.0421. The molecule has 2 rings (SSSR count). The number of para-hydroxylation sites is 1. The van der Waals surface area contributed by atoms with Crippen molar-refractivity contribution < 1.29 is 12.8 Å². The van der Waals surface area contributed by atoms with Crippen molar-refractivity contribution in [2.45, 2.75) is 17.9 Å². The van der Waals surface area contributed by atoms with Crippen LogP contribution in [0.2, 0.25) is 0 Å². The second kappa shape index (κ2) is 7.03. The van der Waals surface area contributed by atoms with Gasteiger partial charge in [0.2, 0.25) is 10.0 Å². The lowest BCUT2D eigenvalue weighted by molar-refractivity contribution is 0.597. The summed E-state index contributed by atoms with van der Waals surface area (Å²) >= 11 is 5.15. The first-order chi connectivity index (χ1) is 10.8. The molecule has 0 radical (unpaired) electrons. The van der Waals surface area contributed by atoms with E-state index in [-0.39, 0.29) is 21.7 Å². The Kier molecular flexibility index (Phi) is 5.30. The van der Waals surface area contributed by atoms with Gasteiger partial charge in [-0.2, -0.15) is 0 Å². The second-order valence-corrected chi connectivity index (χ2v) is 6.88. The summed E-state index contributed by atoms with van der Waals surface area (Å²) in [5.74, 6) is -0.401. The monoisotopic (exact) mass is 353 g/mol. The molecule has 2 aromatic rings. The zero-order valence-corrected chi connectivity index (χ0v) is 13.9. The number of sulfonamides is 1. The minimum Gasteiger partial charge on any atom is -0.356 e. The summed E-state index contributed by atoms with van der Waals surface area (Å²) in [6.45, 7) is 1.85. The lowest BCUT2D eigenvalue weighted by Gasteiger charge is -2.18. The number of nitrogens with two attached hydrogens (primary N) is 1. The van der Waals surface area contributed by atoms with E-state index < -0.39 is 15.8 Å². The highest BCUT2D eigenvalue weighted by Gasteiger charge is 2.11. The van der Waals surface area contributed by atoms with Gasteiger partial charge in [0.05, 0.1) is 16.6 Å². The zero-order chi connectivity index (χ0) is 17.0. The summed E-state index contributed by atoms with van der Waals surface area (Å²) in [5, 5.41) is 11.1. The molecule has 8 heteroatoms. The third-order valence-electron chi connectivity index (χ3n) is 3.18. The summed E-state index contributed by atoms with van der Waals surface area (Å²) < 4.78 is 36.0. The molecule has 5 nitrogen and oxygen atoms in total. The lowest BCUT2D eigenvalue weighted by atomic mass is 10.1. The van der Waals surface area contributed by atoms with E-state index in [0.29, 0.717) is 0 Å². The highest BCUT2D eigenvalue weighted by molar-refractivity contribution is 7.89. The minimum atomic E-state index is -3.71. The van der Waals surface area contributed by atoms with Gasteiger partial charge in [-0.15, -0.1) is 0 Å². The van der Waals surface area contributed by atoms with Gasteiger partial charge in [0.1, 0.15) is 5.82 Å². The maximum Gasteiger partial charge on any atom is 0.238 e. The Balaban J connectivity index is 2.02. The Morgan fingerprint density at radius 3 is 2.35 bits per heavy atom. The molecule has 2 aromatic carbocycles. The Hall–Kier alpha value is -2.03. The van der Waals surface area contributed by atoms with E-state index in [1.807, 2.05) is 6.92 Å². The fourth-order valence-electron chi connectivity index (χ4n) is 1.95. The smallest absolute Gasteiger partial charge is 0.238 e. The number of benzene rings is 2. The van der Waals surface area contributed by atoms with Crippen molar-refractivity contribution in [3.05, 3.63) is 59.9 Å². The Bertz CT molecular complexity index is 808. The maximum atomic E-state index is 13.5. The van der Waals surface area contributed by atoms with E-state index in [9.17, 15) is 12.8 Å². The van der Waals surface area contributed by atoms with Gasteiger partial charge < -0.3 is 10.6 Å². The quantitative estimate of drug-likeness (QED) is 0.736. The van der Waals surface area contributed by atoms with E-state index >= 15 is 0 Å². The van der Waals surface area contributed by atoms with E-state index in [0.717, 1.165) is 5.56 Å². The number of hydrogen-bond donors (Lipinski definition) is 3. The fourth-order valence-corrected chi connectivity index (χ4v) is 2.75. The first kappa shape index (κ1) is 17.3. The molecule has 23 heavy (non-hydrogen) atoms. The highest BCUT2D eigenvalue weighted by atomic mass is 32.2. The van der Waals surface area contributed by atoms with E-state index in [1.165, 1.54) is 18.2 Å². The molecule has 122 valence electrons. The van der Waals surface area contributed by atoms with Crippen LogP contribution in [-0.2, 0) is 10.0 Å². The average molecular weight is 353 g/mol. The van der Waals surface area contributed by atoms with E-state index in [2.05, 4.69) is 10.6 Å². The van der Waals surface area contributed by atoms with Crippen molar-refractivity contribution in [1.82, 2.24) is 5.32 Å². The molecule has 0 aromatic heterocycles. The van der Waals surface area contributed by atoms with Crippen LogP contribution in [-0.4, -0.2) is 13.5 Å².